The van der Waals surface area contributed by atoms with E-state index in [0.717, 1.165) is 18.7 Å². The van der Waals surface area contributed by atoms with Gasteiger partial charge >= 0.3 is 0 Å². The number of benzene rings is 1. The molecule has 6 nitrogen and oxygen atoms in total. The molecule has 23 heavy (non-hydrogen) atoms. The minimum Gasteiger partial charge on any atom is -0.496 e. The number of nitrogens with zero attached hydrogens (tertiary/aromatic N) is 1. The van der Waals surface area contributed by atoms with Crippen molar-refractivity contribution in [3.05, 3.63) is 23.4 Å². The highest BCUT2D eigenvalue weighted by atomic mass is 16.5. The fourth-order valence-corrected chi connectivity index (χ4v) is 2.67. The number of amides is 1. The van der Waals surface area contributed by atoms with E-state index in [1.807, 2.05) is 0 Å². The number of ether oxygens (including phenoxy) is 3. The lowest BCUT2D eigenvalue weighted by Gasteiger charge is -2.24. The highest BCUT2D eigenvalue weighted by Crippen LogP contribution is 2.36. The number of aliphatic imine (C=N–C) groups is 1. The van der Waals surface area contributed by atoms with E-state index >= 15 is 0 Å². The molecule has 0 atom stereocenters. The van der Waals surface area contributed by atoms with Crippen molar-refractivity contribution in [3.63, 3.8) is 0 Å². The predicted molar refractivity (Wildman–Crippen MR) is 87.0 cm³/mol. The van der Waals surface area contributed by atoms with Gasteiger partial charge in [0.2, 0.25) is 0 Å². The molecule has 1 fully saturated rings. The van der Waals surface area contributed by atoms with E-state index in [0.29, 0.717) is 34.4 Å². The summed E-state index contributed by atoms with van der Waals surface area (Å²) in [4.78, 5) is 16.6. The Kier molecular flexibility index (Phi) is 4.23. The summed E-state index contributed by atoms with van der Waals surface area (Å²) in [5.74, 6) is 2.73. The van der Waals surface area contributed by atoms with E-state index < -0.39 is 0 Å². The maximum Gasteiger partial charge on any atom is 0.275 e. The number of carbonyl (C=O) groups is 1. The summed E-state index contributed by atoms with van der Waals surface area (Å²) in [5, 5.41) is 2.86. The molecule has 1 amide bonds. The topological polar surface area (TPSA) is 69.2 Å². The van der Waals surface area contributed by atoms with Crippen molar-refractivity contribution in [2.24, 2.45) is 10.9 Å². The first kappa shape index (κ1) is 15.4. The number of amidine groups is 1. The number of carbonyl (C=O) groups excluding carboxylic acids is 1. The number of hydrogen-bond acceptors (Lipinski definition) is 5. The van der Waals surface area contributed by atoms with Gasteiger partial charge in [-0.15, -0.1) is 0 Å². The van der Waals surface area contributed by atoms with Crippen LogP contribution in [0.15, 0.2) is 22.8 Å². The van der Waals surface area contributed by atoms with E-state index in [4.69, 9.17) is 14.2 Å². The first-order valence-electron chi connectivity index (χ1n) is 7.58. The molecule has 0 radical (unpaired) electrons. The molecule has 2 aliphatic rings. The number of rotatable bonds is 5. The largest absolute Gasteiger partial charge is 0.496 e. The molecule has 122 valence electrons. The highest BCUT2D eigenvalue weighted by molar-refractivity contribution is 6.15. The summed E-state index contributed by atoms with van der Waals surface area (Å²) < 4.78 is 15.9. The standard InChI is InChI=1S/C17H20N2O4/c1-21-13-9-15(23-3)14(22-2)8-11(13)7-12-17(20)19-16(18-12)10-5-4-6-10/h7-10H,4-6H2,1-3H3,(H,18,19,20)/b12-7+. The average Bonchev–Trinajstić information content (AvgIpc) is 2.85. The van der Waals surface area contributed by atoms with E-state index in [9.17, 15) is 4.79 Å². The Hall–Kier alpha value is -2.50. The van der Waals surface area contributed by atoms with Gasteiger partial charge in [0.1, 0.15) is 17.3 Å². The second kappa shape index (κ2) is 6.32. The smallest absolute Gasteiger partial charge is 0.275 e. The van der Waals surface area contributed by atoms with Crippen LogP contribution >= 0.6 is 0 Å². The van der Waals surface area contributed by atoms with Crippen molar-refractivity contribution in [2.75, 3.05) is 21.3 Å². The molecular weight excluding hydrogens is 296 g/mol. The quantitative estimate of drug-likeness (QED) is 0.847. The minimum absolute atomic E-state index is 0.177. The Bertz CT molecular complexity index is 690. The lowest BCUT2D eigenvalue weighted by Crippen LogP contribution is -2.33. The Morgan fingerprint density at radius 1 is 1.09 bits per heavy atom. The number of hydrogen-bond donors (Lipinski definition) is 1. The molecule has 0 bridgehead atoms. The maximum atomic E-state index is 12.1. The van der Waals surface area contributed by atoms with Crippen LogP contribution in [0.3, 0.4) is 0 Å². The van der Waals surface area contributed by atoms with Crippen LogP contribution in [-0.2, 0) is 4.79 Å². The highest BCUT2D eigenvalue weighted by Gasteiger charge is 2.30. The van der Waals surface area contributed by atoms with Crippen molar-refractivity contribution in [1.29, 1.82) is 0 Å². The third-order valence-corrected chi connectivity index (χ3v) is 4.24. The summed E-state index contributed by atoms with van der Waals surface area (Å²) in [6, 6.07) is 3.50. The normalized spacial score (nSPS) is 19.2. The molecule has 3 rings (SSSR count). The van der Waals surface area contributed by atoms with E-state index in [1.54, 1.807) is 39.5 Å². The first-order chi connectivity index (χ1) is 11.2. The molecule has 0 unspecified atom stereocenters. The molecule has 1 aliphatic carbocycles. The summed E-state index contributed by atoms with van der Waals surface area (Å²) in [6.45, 7) is 0. The fourth-order valence-electron chi connectivity index (χ4n) is 2.67. The Morgan fingerprint density at radius 3 is 2.30 bits per heavy atom. The Balaban J connectivity index is 1.97. The van der Waals surface area contributed by atoms with Gasteiger partial charge in [0, 0.05) is 17.5 Å². The van der Waals surface area contributed by atoms with E-state index in [-0.39, 0.29) is 5.91 Å². The van der Waals surface area contributed by atoms with Crippen molar-refractivity contribution < 1.29 is 19.0 Å². The van der Waals surface area contributed by atoms with Crippen molar-refractivity contribution >= 4 is 17.8 Å². The second-order valence-electron chi connectivity index (χ2n) is 5.56. The van der Waals surface area contributed by atoms with E-state index in [1.165, 1.54) is 6.42 Å². The van der Waals surface area contributed by atoms with Crippen LogP contribution in [0.4, 0.5) is 0 Å². The van der Waals surface area contributed by atoms with Crippen LogP contribution in [0.1, 0.15) is 24.8 Å². The minimum atomic E-state index is -0.177. The molecule has 1 aromatic rings. The zero-order valence-corrected chi connectivity index (χ0v) is 13.5. The molecule has 1 aliphatic heterocycles. The van der Waals surface area contributed by atoms with Crippen LogP contribution in [-0.4, -0.2) is 33.1 Å². The SMILES string of the molecule is COc1cc(OC)c(OC)cc1/C=C1/N=C(C2CCC2)NC1=O. The third-order valence-electron chi connectivity index (χ3n) is 4.24. The predicted octanol–water partition coefficient (Wildman–Crippen LogP) is 2.38. The summed E-state index contributed by atoms with van der Waals surface area (Å²) in [5.41, 5.74) is 1.10. The summed E-state index contributed by atoms with van der Waals surface area (Å²) in [6.07, 6.45) is 5.09. The maximum absolute atomic E-state index is 12.1. The first-order valence-corrected chi connectivity index (χ1v) is 7.58. The molecule has 1 aromatic carbocycles. The summed E-state index contributed by atoms with van der Waals surface area (Å²) in [7, 11) is 4.70. The monoisotopic (exact) mass is 316 g/mol. The van der Waals surface area contributed by atoms with Gasteiger partial charge in [0.15, 0.2) is 11.5 Å². The van der Waals surface area contributed by atoms with Gasteiger partial charge in [0.25, 0.3) is 5.91 Å². The molecule has 0 saturated heterocycles. The summed E-state index contributed by atoms with van der Waals surface area (Å²) >= 11 is 0. The van der Waals surface area contributed by atoms with Gasteiger partial charge in [-0.05, 0) is 25.0 Å². The van der Waals surface area contributed by atoms with Gasteiger partial charge in [-0.3, -0.25) is 4.79 Å². The molecule has 0 spiro atoms. The van der Waals surface area contributed by atoms with Crippen LogP contribution in [0.25, 0.3) is 6.08 Å². The molecule has 1 N–H and O–H groups in total. The van der Waals surface area contributed by atoms with Crippen molar-refractivity contribution in [2.45, 2.75) is 19.3 Å². The average molecular weight is 316 g/mol. The van der Waals surface area contributed by atoms with E-state index in [2.05, 4.69) is 10.3 Å². The fraction of sp³-hybridized carbons (Fsp3) is 0.412. The van der Waals surface area contributed by atoms with Gasteiger partial charge in [0.05, 0.1) is 21.3 Å². The zero-order chi connectivity index (χ0) is 16.4. The van der Waals surface area contributed by atoms with Gasteiger partial charge in [-0.25, -0.2) is 4.99 Å². The third kappa shape index (κ3) is 2.88. The number of methoxy groups -OCH3 is 3. The number of nitrogens with one attached hydrogen (secondary N) is 1. The van der Waals surface area contributed by atoms with Gasteiger partial charge in [-0.2, -0.15) is 0 Å². The van der Waals surface area contributed by atoms with Crippen molar-refractivity contribution in [3.8, 4) is 17.2 Å². The molecular formula is C17H20N2O4. The van der Waals surface area contributed by atoms with Gasteiger partial charge < -0.3 is 19.5 Å². The second-order valence-corrected chi connectivity index (χ2v) is 5.56. The van der Waals surface area contributed by atoms with Crippen LogP contribution in [0, 0.1) is 5.92 Å². The lowest BCUT2D eigenvalue weighted by molar-refractivity contribution is -0.115. The lowest BCUT2D eigenvalue weighted by atomic mass is 9.84. The molecule has 0 aromatic heterocycles. The van der Waals surface area contributed by atoms with Crippen LogP contribution in [0.5, 0.6) is 17.2 Å². The van der Waals surface area contributed by atoms with Crippen molar-refractivity contribution in [1.82, 2.24) is 5.32 Å². The molecule has 1 heterocycles. The van der Waals surface area contributed by atoms with Crippen LogP contribution < -0.4 is 19.5 Å². The molecule has 1 saturated carbocycles. The zero-order valence-electron chi connectivity index (χ0n) is 13.5. The molecule has 6 heteroatoms. The van der Waals surface area contributed by atoms with Gasteiger partial charge in [-0.1, -0.05) is 6.42 Å². The Labute approximate surface area is 135 Å². The van der Waals surface area contributed by atoms with Crippen LogP contribution in [0.2, 0.25) is 0 Å². The Morgan fingerprint density at radius 2 is 1.74 bits per heavy atom.